The second-order valence-corrected chi connectivity index (χ2v) is 11.3. The van der Waals surface area contributed by atoms with E-state index in [9.17, 15) is 14.4 Å². The van der Waals surface area contributed by atoms with Gasteiger partial charge in [0.25, 0.3) is 5.91 Å². The summed E-state index contributed by atoms with van der Waals surface area (Å²) in [4.78, 5) is 43.3. The fourth-order valence-corrected chi connectivity index (χ4v) is 6.25. The second kappa shape index (κ2) is 10.4. The molecular formula is C22H27ClN4O4S2. The monoisotopic (exact) mass is 510 g/mol. The number of fused-ring (bicyclic) bond motifs is 1. The van der Waals surface area contributed by atoms with Crippen molar-refractivity contribution in [3.05, 3.63) is 37.9 Å². The molecule has 0 saturated carbocycles. The molecule has 2 aliphatic heterocycles. The van der Waals surface area contributed by atoms with Gasteiger partial charge in [-0.2, -0.15) is 0 Å². The highest BCUT2D eigenvalue weighted by molar-refractivity contribution is 7.17. The summed E-state index contributed by atoms with van der Waals surface area (Å²) in [5.41, 5.74) is 1.25. The van der Waals surface area contributed by atoms with Crippen LogP contribution in [0.3, 0.4) is 0 Å². The van der Waals surface area contributed by atoms with E-state index in [2.05, 4.69) is 22.6 Å². The normalized spacial score (nSPS) is 20.8. The van der Waals surface area contributed by atoms with E-state index in [1.165, 1.54) is 28.7 Å². The Morgan fingerprint density at radius 2 is 2.00 bits per heavy atom. The number of nitrogens with zero attached hydrogens (tertiary/aromatic N) is 2. The molecule has 4 heterocycles. The van der Waals surface area contributed by atoms with Crippen LogP contribution in [0.5, 0.6) is 5.06 Å². The van der Waals surface area contributed by atoms with E-state index >= 15 is 0 Å². The first-order chi connectivity index (χ1) is 15.8. The van der Waals surface area contributed by atoms with Crippen molar-refractivity contribution in [2.75, 3.05) is 33.2 Å². The van der Waals surface area contributed by atoms with E-state index in [1.807, 2.05) is 6.07 Å². The molecule has 178 valence electrons. The number of thiophene rings is 2. The molecule has 0 radical (unpaired) electrons. The lowest BCUT2D eigenvalue weighted by atomic mass is 10.1. The average Bonchev–Trinajstić information content (AvgIpc) is 3.44. The number of likely N-dealkylation sites (N-methyl/N-ethyl adjacent to an activating group) is 1. The van der Waals surface area contributed by atoms with Crippen LogP contribution in [-0.2, 0) is 17.6 Å². The molecule has 1 saturated heterocycles. The zero-order valence-corrected chi connectivity index (χ0v) is 20.9. The summed E-state index contributed by atoms with van der Waals surface area (Å²) in [5, 5.41) is 6.06. The number of nitrogens with one attached hydrogen (secondary N) is 2. The molecule has 2 N–H and O–H groups in total. The van der Waals surface area contributed by atoms with Crippen molar-refractivity contribution in [1.82, 2.24) is 20.4 Å². The Morgan fingerprint density at radius 1 is 1.21 bits per heavy atom. The van der Waals surface area contributed by atoms with Crippen molar-refractivity contribution >= 4 is 52.2 Å². The van der Waals surface area contributed by atoms with Crippen LogP contribution < -0.4 is 15.4 Å². The molecule has 1 fully saturated rings. The summed E-state index contributed by atoms with van der Waals surface area (Å²) in [6, 6.07) is 4.83. The lowest BCUT2D eigenvalue weighted by Gasteiger charge is -2.24. The molecule has 3 amide bonds. The van der Waals surface area contributed by atoms with Gasteiger partial charge >= 0.3 is 6.09 Å². The topological polar surface area (TPSA) is 91.0 Å². The minimum absolute atomic E-state index is 0.0560. The summed E-state index contributed by atoms with van der Waals surface area (Å²) < 4.78 is 5.83. The van der Waals surface area contributed by atoms with E-state index in [0.29, 0.717) is 33.8 Å². The van der Waals surface area contributed by atoms with Crippen LogP contribution in [-0.4, -0.2) is 73.0 Å². The molecule has 0 bridgehead atoms. The Hall–Kier alpha value is -2.14. The predicted octanol–water partition coefficient (Wildman–Crippen LogP) is 3.00. The minimum atomic E-state index is -0.585. The molecule has 2 aliphatic rings. The van der Waals surface area contributed by atoms with Crippen LogP contribution in [0.2, 0.25) is 4.34 Å². The van der Waals surface area contributed by atoms with Gasteiger partial charge in [-0.05, 0) is 50.1 Å². The highest BCUT2D eigenvalue weighted by atomic mass is 35.5. The molecule has 33 heavy (non-hydrogen) atoms. The maximum atomic E-state index is 13.5. The number of amides is 3. The molecular weight excluding hydrogens is 484 g/mol. The van der Waals surface area contributed by atoms with E-state index in [4.69, 9.17) is 16.3 Å². The quantitative estimate of drug-likeness (QED) is 0.645. The lowest BCUT2D eigenvalue weighted by molar-refractivity contribution is -0.119. The number of carbonyl (C=O) groups is 3. The Morgan fingerprint density at radius 3 is 2.73 bits per heavy atom. The zero-order chi connectivity index (χ0) is 23.5. The van der Waals surface area contributed by atoms with E-state index in [1.54, 1.807) is 28.4 Å². The highest BCUT2D eigenvalue weighted by Crippen LogP contribution is 2.30. The third-order valence-corrected chi connectivity index (χ3v) is 8.25. The van der Waals surface area contributed by atoms with Crippen molar-refractivity contribution in [3.8, 4) is 5.06 Å². The Labute approximate surface area is 205 Å². The van der Waals surface area contributed by atoms with Gasteiger partial charge in [0.2, 0.25) is 5.91 Å². The first-order valence-electron chi connectivity index (χ1n) is 10.9. The SMILES string of the molecule is CC(=O)NC[C@@H]1C[C@@H](NC(=O)Oc2ccc(Cl)s2)CN1C(=O)c1cc2c(s1)CCN(C)CC2. The van der Waals surface area contributed by atoms with Crippen molar-refractivity contribution in [3.63, 3.8) is 0 Å². The van der Waals surface area contributed by atoms with Crippen molar-refractivity contribution in [1.29, 1.82) is 0 Å². The van der Waals surface area contributed by atoms with Crippen molar-refractivity contribution < 1.29 is 19.1 Å². The van der Waals surface area contributed by atoms with E-state index in [-0.39, 0.29) is 23.9 Å². The molecule has 0 aromatic carbocycles. The average molecular weight is 511 g/mol. The van der Waals surface area contributed by atoms with Crippen molar-refractivity contribution in [2.45, 2.75) is 38.3 Å². The molecule has 0 aliphatic carbocycles. The van der Waals surface area contributed by atoms with Gasteiger partial charge in [0, 0.05) is 38.0 Å². The number of ether oxygens (including phenoxy) is 1. The summed E-state index contributed by atoms with van der Waals surface area (Å²) in [6.07, 6.45) is 1.83. The summed E-state index contributed by atoms with van der Waals surface area (Å²) in [5.74, 6) is -0.209. The molecule has 4 rings (SSSR count). The Balaban J connectivity index is 1.44. The molecule has 2 atom stereocenters. The van der Waals surface area contributed by atoms with Crippen LogP contribution in [0.15, 0.2) is 18.2 Å². The smallest absolute Gasteiger partial charge is 0.399 e. The summed E-state index contributed by atoms with van der Waals surface area (Å²) in [7, 11) is 2.12. The van der Waals surface area contributed by atoms with Crippen LogP contribution in [0.25, 0.3) is 0 Å². The van der Waals surface area contributed by atoms with Gasteiger partial charge in [-0.3, -0.25) is 9.59 Å². The Bertz CT molecular complexity index is 1010. The molecule has 0 spiro atoms. The maximum Gasteiger partial charge on any atom is 0.413 e. The van der Waals surface area contributed by atoms with Gasteiger partial charge < -0.3 is 25.2 Å². The van der Waals surface area contributed by atoms with Gasteiger partial charge in [-0.1, -0.05) is 22.9 Å². The highest BCUT2D eigenvalue weighted by Gasteiger charge is 2.37. The number of rotatable bonds is 5. The van der Waals surface area contributed by atoms with E-state index in [0.717, 1.165) is 25.9 Å². The fraction of sp³-hybridized carbons (Fsp3) is 0.500. The van der Waals surface area contributed by atoms with Crippen molar-refractivity contribution in [2.24, 2.45) is 0 Å². The van der Waals surface area contributed by atoms with Gasteiger partial charge in [0.1, 0.15) is 0 Å². The number of hydrogen-bond acceptors (Lipinski definition) is 7. The third kappa shape index (κ3) is 6.06. The third-order valence-electron chi connectivity index (χ3n) is 5.92. The maximum absolute atomic E-state index is 13.5. The largest absolute Gasteiger partial charge is 0.413 e. The van der Waals surface area contributed by atoms with Crippen LogP contribution >= 0.6 is 34.3 Å². The number of hydrogen-bond donors (Lipinski definition) is 2. The first kappa shape index (κ1) is 24.0. The lowest BCUT2D eigenvalue weighted by Crippen LogP contribution is -2.43. The predicted molar refractivity (Wildman–Crippen MR) is 130 cm³/mol. The first-order valence-corrected chi connectivity index (χ1v) is 12.9. The molecule has 0 unspecified atom stereocenters. The van der Waals surface area contributed by atoms with Gasteiger partial charge in [-0.25, -0.2) is 4.79 Å². The molecule has 8 nitrogen and oxygen atoms in total. The number of likely N-dealkylation sites (tertiary alicyclic amines) is 1. The van der Waals surface area contributed by atoms with Gasteiger partial charge in [0.15, 0.2) is 5.06 Å². The molecule has 2 aromatic heterocycles. The number of carbonyl (C=O) groups excluding carboxylic acids is 3. The fourth-order valence-electron chi connectivity index (χ4n) is 4.22. The van der Waals surface area contributed by atoms with Crippen LogP contribution in [0, 0.1) is 0 Å². The Kier molecular flexibility index (Phi) is 7.58. The van der Waals surface area contributed by atoms with Crippen LogP contribution in [0.1, 0.15) is 33.5 Å². The second-order valence-electron chi connectivity index (χ2n) is 8.44. The van der Waals surface area contributed by atoms with Gasteiger partial charge in [-0.15, -0.1) is 11.3 Å². The standard InChI is InChI=1S/C22H27ClN4O4S2/c1-13(28)24-11-16-10-15(25-22(30)31-20-4-3-19(23)33-20)12-27(16)21(29)18-9-14-5-7-26(2)8-6-17(14)32-18/h3-4,9,15-16H,5-8,10-12H2,1-2H3,(H,24,28)(H,25,30)/t15-,16+/m1/s1. The molecule has 2 aromatic rings. The van der Waals surface area contributed by atoms with E-state index < -0.39 is 6.09 Å². The summed E-state index contributed by atoms with van der Waals surface area (Å²) >= 11 is 8.62. The molecule has 11 heteroatoms. The van der Waals surface area contributed by atoms with Crippen LogP contribution in [0.4, 0.5) is 4.79 Å². The minimum Gasteiger partial charge on any atom is -0.399 e. The zero-order valence-electron chi connectivity index (χ0n) is 18.6. The van der Waals surface area contributed by atoms with Gasteiger partial charge in [0.05, 0.1) is 21.3 Å². The number of halogens is 1. The summed E-state index contributed by atoms with van der Waals surface area (Å²) in [6.45, 7) is 4.11.